The minimum Gasteiger partial charge on any atom is -0.496 e. The van der Waals surface area contributed by atoms with E-state index in [0.717, 1.165) is 16.7 Å². The Labute approximate surface area is 317 Å². The highest BCUT2D eigenvalue weighted by Crippen LogP contribution is 2.48. The van der Waals surface area contributed by atoms with Crippen molar-refractivity contribution in [2.24, 2.45) is 5.73 Å². The number of benzene rings is 4. The van der Waals surface area contributed by atoms with E-state index in [2.05, 4.69) is 17.6 Å². The number of primary amides is 1. The number of halogens is 1. The molecule has 284 valence electrons. The Morgan fingerprint density at radius 2 is 1.72 bits per heavy atom. The molecule has 1 fully saturated rings. The Balaban J connectivity index is 1.32. The molecule has 54 heavy (non-hydrogen) atoms. The third-order valence-electron chi connectivity index (χ3n) is 9.73. The van der Waals surface area contributed by atoms with Gasteiger partial charge < -0.3 is 35.7 Å². The highest BCUT2D eigenvalue weighted by atomic mass is 35.5. The molecule has 3 amide bonds. The van der Waals surface area contributed by atoms with Crippen molar-refractivity contribution in [2.45, 2.75) is 76.5 Å². The van der Waals surface area contributed by atoms with E-state index in [-0.39, 0.29) is 42.3 Å². The SMILES string of the molecule is COc1cc(NC(=O)CCCc2ccc(-c3ccccc3)c(OC(N)=O)c2[C@]2(C)CC[C@@H](NC(=O)OCc3ccc([N+](=O)[O-])cc3)CC2)c(Cl)cc1CO. The summed E-state index contributed by atoms with van der Waals surface area (Å²) in [5.74, 6) is 0.513. The molecule has 5 rings (SSSR count). The number of aliphatic hydroxyl groups is 1. The van der Waals surface area contributed by atoms with E-state index < -0.39 is 22.5 Å². The fourth-order valence-electron chi connectivity index (χ4n) is 6.92. The van der Waals surface area contributed by atoms with Crippen molar-refractivity contribution in [3.8, 4) is 22.6 Å². The number of non-ortho nitro benzene ring substituents is 1. The van der Waals surface area contributed by atoms with Crippen LogP contribution in [0.2, 0.25) is 5.02 Å². The number of aliphatic hydroxyl groups excluding tert-OH is 1. The molecule has 0 atom stereocenters. The monoisotopic (exact) mass is 758 g/mol. The van der Waals surface area contributed by atoms with Gasteiger partial charge in [-0.3, -0.25) is 14.9 Å². The van der Waals surface area contributed by atoms with Crippen LogP contribution in [0.25, 0.3) is 11.1 Å². The molecule has 0 aliphatic heterocycles. The molecule has 14 heteroatoms. The van der Waals surface area contributed by atoms with Gasteiger partial charge in [0.2, 0.25) is 5.91 Å². The number of amides is 3. The van der Waals surface area contributed by atoms with Crippen molar-refractivity contribution < 1.29 is 38.6 Å². The summed E-state index contributed by atoms with van der Waals surface area (Å²) in [6, 6.07) is 22.2. The van der Waals surface area contributed by atoms with Crippen molar-refractivity contribution in [2.75, 3.05) is 12.4 Å². The van der Waals surface area contributed by atoms with Crippen molar-refractivity contribution >= 4 is 41.1 Å². The zero-order chi connectivity index (χ0) is 38.8. The van der Waals surface area contributed by atoms with Crippen molar-refractivity contribution in [1.82, 2.24) is 5.32 Å². The Hall–Kier alpha value is -5.66. The maximum atomic E-state index is 13.1. The van der Waals surface area contributed by atoms with E-state index in [1.165, 1.54) is 19.2 Å². The normalized spacial score (nSPS) is 16.6. The summed E-state index contributed by atoms with van der Waals surface area (Å²) < 4.78 is 16.5. The Bertz CT molecular complexity index is 1980. The molecule has 13 nitrogen and oxygen atoms in total. The fraction of sp³-hybridized carbons (Fsp3) is 0.325. The van der Waals surface area contributed by atoms with Gasteiger partial charge >= 0.3 is 12.2 Å². The van der Waals surface area contributed by atoms with Gasteiger partial charge in [0, 0.05) is 47.4 Å². The summed E-state index contributed by atoms with van der Waals surface area (Å²) in [4.78, 5) is 48.6. The van der Waals surface area contributed by atoms with Crippen molar-refractivity contribution in [3.05, 3.63) is 116 Å². The quantitative estimate of drug-likeness (QED) is 0.0729. The molecular formula is C40H43ClN4O9. The number of methoxy groups -OCH3 is 1. The number of nitrogens with two attached hydrogens (primary N) is 1. The predicted octanol–water partition coefficient (Wildman–Crippen LogP) is 7.96. The number of nitrogens with one attached hydrogen (secondary N) is 2. The molecule has 1 saturated carbocycles. The maximum Gasteiger partial charge on any atom is 0.409 e. The molecule has 5 N–H and O–H groups in total. The third kappa shape index (κ3) is 9.85. The molecule has 4 aromatic rings. The number of carbonyl (C=O) groups excluding carboxylic acids is 3. The predicted molar refractivity (Wildman–Crippen MR) is 204 cm³/mol. The third-order valence-corrected chi connectivity index (χ3v) is 10.0. The number of nitro groups is 1. The van der Waals surface area contributed by atoms with Gasteiger partial charge in [-0.15, -0.1) is 0 Å². The molecule has 0 unspecified atom stereocenters. The summed E-state index contributed by atoms with van der Waals surface area (Å²) >= 11 is 6.37. The molecule has 0 aromatic heterocycles. The average Bonchev–Trinajstić information content (AvgIpc) is 3.16. The van der Waals surface area contributed by atoms with Crippen LogP contribution in [0, 0.1) is 10.1 Å². The second-order valence-corrected chi connectivity index (χ2v) is 13.9. The van der Waals surface area contributed by atoms with Gasteiger partial charge in [-0.05, 0) is 78.8 Å². The minimum atomic E-state index is -0.945. The van der Waals surface area contributed by atoms with E-state index in [9.17, 15) is 29.6 Å². The second-order valence-electron chi connectivity index (χ2n) is 13.4. The number of carbonyl (C=O) groups is 3. The molecule has 0 heterocycles. The van der Waals surface area contributed by atoms with E-state index in [1.807, 2.05) is 42.5 Å². The lowest BCUT2D eigenvalue weighted by molar-refractivity contribution is -0.384. The van der Waals surface area contributed by atoms with Crippen LogP contribution < -0.4 is 25.8 Å². The first-order valence-electron chi connectivity index (χ1n) is 17.5. The zero-order valence-corrected chi connectivity index (χ0v) is 30.8. The number of nitrogens with zero attached hydrogens (tertiary/aromatic N) is 1. The first-order valence-corrected chi connectivity index (χ1v) is 17.9. The number of anilines is 1. The maximum absolute atomic E-state index is 13.1. The molecular weight excluding hydrogens is 716 g/mol. The van der Waals surface area contributed by atoms with Gasteiger partial charge in [0.1, 0.15) is 18.1 Å². The number of nitro benzene ring substituents is 1. The topological polar surface area (TPSA) is 192 Å². The molecule has 1 aliphatic rings. The van der Waals surface area contributed by atoms with Crippen LogP contribution in [0.5, 0.6) is 11.5 Å². The van der Waals surface area contributed by atoms with Gasteiger partial charge in [-0.1, -0.05) is 61.0 Å². The molecule has 0 saturated heterocycles. The number of alkyl carbamates (subject to hydrolysis) is 1. The van der Waals surface area contributed by atoms with E-state index in [4.69, 9.17) is 31.5 Å². The van der Waals surface area contributed by atoms with Crippen LogP contribution in [0.3, 0.4) is 0 Å². The van der Waals surface area contributed by atoms with Gasteiger partial charge in [-0.2, -0.15) is 0 Å². The molecule has 0 bridgehead atoms. The van der Waals surface area contributed by atoms with Crippen LogP contribution >= 0.6 is 11.6 Å². The van der Waals surface area contributed by atoms with E-state index >= 15 is 0 Å². The summed E-state index contributed by atoms with van der Waals surface area (Å²) in [7, 11) is 1.47. The number of hydrogen-bond donors (Lipinski definition) is 4. The lowest BCUT2D eigenvalue weighted by atomic mass is 9.67. The van der Waals surface area contributed by atoms with Crippen LogP contribution in [0.4, 0.5) is 21.0 Å². The van der Waals surface area contributed by atoms with Crippen LogP contribution in [0.15, 0.2) is 78.9 Å². The average molecular weight is 759 g/mol. The van der Waals surface area contributed by atoms with Crippen LogP contribution in [-0.4, -0.2) is 41.3 Å². The molecule has 0 spiro atoms. The first-order chi connectivity index (χ1) is 25.9. The smallest absolute Gasteiger partial charge is 0.409 e. The highest BCUT2D eigenvalue weighted by Gasteiger charge is 2.38. The highest BCUT2D eigenvalue weighted by molar-refractivity contribution is 6.33. The summed E-state index contributed by atoms with van der Waals surface area (Å²) in [6.45, 7) is 1.81. The van der Waals surface area contributed by atoms with Crippen LogP contribution in [0.1, 0.15) is 67.7 Å². The largest absolute Gasteiger partial charge is 0.496 e. The number of aryl methyl sites for hydroxylation is 1. The van der Waals surface area contributed by atoms with E-state index in [1.54, 1.807) is 24.3 Å². The zero-order valence-electron chi connectivity index (χ0n) is 30.1. The Morgan fingerprint density at radius 3 is 2.35 bits per heavy atom. The Kier molecular flexibility index (Phi) is 13.1. The Morgan fingerprint density at radius 1 is 1.02 bits per heavy atom. The second kappa shape index (κ2) is 17.9. The first kappa shape index (κ1) is 39.5. The number of hydrogen-bond acceptors (Lipinski definition) is 9. The van der Waals surface area contributed by atoms with Gasteiger partial charge in [0.15, 0.2) is 0 Å². The van der Waals surface area contributed by atoms with Crippen molar-refractivity contribution in [1.29, 1.82) is 0 Å². The van der Waals surface area contributed by atoms with Crippen LogP contribution in [-0.2, 0) is 34.6 Å². The lowest BCUT2D eigenvalue weighted by Gasteiger charge is -2.40. The van der Waals surface area contributed by atoms with Gasteiger partial charge in [0.25, 0.3) is 5.69 Å². The minimum absolute atomic E-state index is 0.0348. The summed E-state index contributed by atoms with van der Waals surface area (Å²) in [5.41, 5.74) is 9.89. The lowest BCUT2D eigenvalue weighted by Crippen LogP contribution is -2.42. The number of ether oxygens (including phenoxy) is 3. The summed E-state index contributed by atoms with van der Waals surface area (Å²) in [5, 5.41) is 26.6. The van der Waals surface area contributed by atoms with E-state index in [0.29, 0.717) is 72.4 Å². The van der Waals surface area contributed by atoms with Gasteiger partial charge in [-0.25, -0.2) is 9.59 Å². The number of rotatable bonds is 14. The molecule has 1 aliphatic carbocycles. The standard InChI is InChI=1S/C40H43ClN4O9/c1-40(19-17-29(18-20-40)43-39(49)53-24-25-11-14-30(15-12-25)45(50)51)36-27(13-16-31(37(36)54-38(42)48)26-7-4-3-5-8-26)9-6-10-35(47)44-33-22-34(52-2)28(23-46)21-32(33)41/h3-5,7-8,11-16,21-22,29,46H,6,9-10,17-20,23-24H2,1-2H3,(H2,42,48)(H,43,49)(H,44,47)/t29-,40-. The van der Waals surface area contributed by atoms with Crippen molar-refractivity contribution in [3.63, 3.8) is 0 Å². The molecule has 4 aromatic carbocycles. The molecule has 0 radical (unpaired) electrons. The summed E-state index contributed by atoms with van der Waals surface area (Å²) in [6.07, 6.45) is 2.05. The fourth-order valence-corrected chi connectivity index (χ4v) is 7.16. The van der Waals surface area contributed by atoms with Gasteiger partial charge in [0.05, 0.1) is 29.4 Å².